The molecule has 1 amide bonds. The van der Waals surface area contributed by atoms with Crippen molar-refractivity contribution in [3.63, 3.8) is 0 Å². The first kappa shape index (κ1) is 14.5. The lowest BCUT2D eigenvalue weighted by Crippen LogP contribution is -2.46. The Labute approximate surface area is 106 Å². The lowest BCUT2D eigenvalue weighted by atomic mass is 9.90. The van der Waals surface area contributed by atoms with Crippen LogP contribution in [-0.4, -0.2) is 53.0 Å². The number of carboxylic acids is 1. The summed E-state index contributed by atoms with van der Waals surface area (Å²) in [4.78, 5) is 23.4. The van der Waals surface area contributed by atoms with E-state index in [1.54, 1.807) is 0 Å². The average Bonchev–Trinajstić information content (AvgIpc) is 2.34. The number of rotatable bonds is 5. The van der Waals surface area contributed by atoms with Gasteiger partial charge in [-0.1, -0.05) is 12.7 Å². The van der Waals surface area contributed by atoms with Crippen molar-refractivity contribution in [2.24, 2.45) is 5.92 Å². The molecule has 0 saturated carbocycles. The van der Waals surface area contributed by atoms with E-state index in [1.165, 1.54) is 11.0 Å². The Morgan fingerprint density at radius 1 is 1.50 bits per heavy atom. The number of aliphatic carboxylic acids is 1. The number of carboxylic acid groups (broad SMARTS) is 1. The number of β-amino-alcohol motifs (C(OH)–C–C–N with tert-alkyl or cyclic N) is 1. The number of hydrogen-bond donors (Lipinski definition) is 2. The molecule has 0 aromatic heterocycles. The van der Waals surface area contributed by atoms with Gasteiger partial charge in [0, 0.05) is 13.0 Å². The molecule has 102 valence electrons. The van der Waals surface area contributed by atoms with Gasteiger partial charge in [0.05, 0.1) is 12.6 Å². The zero-order valence-corrected chi connectivity index (χ0v) is 10.2. The van der Waals surface area contributed by atoms with Gasteiger partial charge in [-0.3, -0.25) is 4.79 Å². The number of piperidine rings is 1. The summed E-state index contributed by atoms with van der Waals surface area (Å²) >= 11 is 0. The summed E-state index contributed by atoms with van der Waals surface area (Å²) in [5, 5.41) is 18.5. The van der Waals surface area contributed by atoms with Gasteiger partial charge in [-0.25, -0.2) is 4.79 Å². The smallest absolute Gasteiger partial charge is 0.410 e. The Hall–Kier alpha value is -1.56. The summed E-state index contributed by atoms with van der Waals surface area (Å²) in [5.41, 5.74) is 0. The van der Waals surface area contributed by atoms with Gasteiger partial charge in [0.25, 0.3) is 0 Å². The third-order valence-electron chi connectivity index (χ3n) is 3.03. The summed E-state index contributed by atoms with van der Waals surface area (Å²) in [6.07, 6.45) is 1.40. The van der Waals surface area contributed by atoms with E-state index in [0.717, 1.165) is 0 Å². The topological polar surface area (TPSA) is 87.1 Å². The third-order valence-corrected chi connectivity index (χ3v) is 3.03. The van der Waals surface area contributed by atoms with Gasteiger partial charge < -0.3 is 19.8 Å². The van der Waals surface area contributed by atoms with Gasteiger partial charge in [0.2, 0.25) is 0 Å². The van der Waals surface area contributed by atoms with Crippen LogP contribution in [0.25, 0.3) is 0 Å². The number of aliphatic hydroxyl groups excluding tert-OH is 1. The number of carbonyl (C=O) groups excluding carboxylic acids is 1. The van der Waals surface area contributed by atoms with Crippen LogP contribution in [-0.2, 0) is 9.53 Å². The molecular formula is C12H19NO5. The van der Waals surface area contributed by atoms with E-state index in [0.29, 0.717) is 19.4 Å². The fourth-order valence-corrected chi connectivity index (χ4v) is 2.01. The third kappa shape index (κ3) is 4.37. The minimum atomic E-state index is -0.866. The van der Waals surface area contributed by atoms with Crippen molar-refractivity contribution in [1.82, 2.24) is 4.90 Å². The van der Waals surface area contributed by atoms with Crippen molar-refractivity contribution < 1.29 is 24.5 Å². The Balaban J connectivity index is 2.37. The predicted octanol–water partition coefficient (Wildman–Crippen LogP) is 0.857. The molecule has 0 spiro atoms. The molecule has 1 aliphatic heterocycles. The van der Waals surface area contributed by atoms with Crippen LogP contribution in [0.15, 0.2) is 12.7 Å². The first-order chi connectivity index (χ1) is 8.54. The van der Waals surface area contributed by atoms with Crippen molar-refractivity contribution in [3.8, 4) is 0 Å². The number of nitrogens with zero attached hydrogens (tertiary/aromatic N) is 1. The van der Waals surface area contributed by atoms with Crippen LogP contribution < -0.4 is 0 Å². The highest BCUT2D eigenvalue weighted by atomic mass is 16.6. The lowest BCUT2D eigenvalue weighted by Gasteiger charge is -2.35. The molecule has 0 aliphatic carbocycles. The number of carbonyl (C=O) groups is 2. The summed E-state index contributed by atoms with van der Waals surface area (Å²) in [5.74, 6) is -0.931. The maximum absolute atomic E-state index is 11.5. The zero-order chi connectivity index (χ0) is 13.5. The Morgan fingerprint density at radius 2 is 2.22 bits per heavy atom. The van der Waals surface area contributed by atoms with Gasteiger partial charge in [0.1, 0.15) is 6.61 Å². The molecule has 2 N–H and O–H groups in total. The fourth-order valence-electron chi connectivity index (χ4n) is 2.01. The number of ether oxygens (including phenoxy) is 1. The standard InChI is InChI=1S/C12H19NO5/c1-2-7-18-12(17)13-6-5-9(10(14)8-13)3-4-11(15)16/h2,9-10,14H,1,3-8H2,(H,15,16)/t9-,10-/m1/s1. The van der Waals surface area contributed by atoms with Crippen LogP contribution in [0.3, 0.4) is 0 Å². The van der Waals surface area contributed by atoms with E-state index in [-0.39, 0.29) is 25.5 Å². The Bertz CT molecular complexity index is 318. The molecule has 1 saturated heterocycles. The molecular weight excluding hydrogens is 238 g/mol. The quantitative estimate of drug-likeness (QED) is 0.713. The lowest BCUT2D eigenvalue weighted by molar-refractivity contribution is -0.137. The normalized spacial score (nSPS) is 23.5. The first-order valence-corrected chi connectivity index (χ1v) is 5.97. The molecule has 1 heterocycles. The number of hydrogen-bond acceptors (Lipinski definition) is 4. The molecule has 1 rings (SSSR count). The number of amides is 1. The fraction of sp³-hybridized carbons (Fsp3) is 0.667. The van der Waals surface area contributed by atoms with Gasteiger partial charge in [0.15, 0.2) is 0 Å². The van der Waals surface area contributed by atoms with E-state index in [4.69, 9.17) is 9.84 Å². The van der Waals surface area contributed by atoms with E-state index in [2.05, 4.69) is 6.58 Å². The molecule has 6 nitrogen and oxygen atoms in total. The van der Waals surface area contributed by atoms with Crippen molar-refractivity contribution in [2.75, 3.05) is 19.7 Å². The molecule has 0 aromatic rings. The summed E-state index contributed by atoms with van der Waals surface area (Å²) < 4.78 is 4.88. The van der Waals surface area contributed by atoms with Crippen molar-refractivity contribution in [2.45, 2.75) is 25.4 Å². The molecule has 2 atom stereocenters. The maximum Gasteiger partial charge on any atom is 0.410 e. The predicted molar refractivity (Wildman–Crippen MR) is 64.1 cm³/mol. The van der Waals surface area contributed by atoms with Crippen molar-refractivity contribution >= 4 is 12.1 Å². The Morgan fingerprint density at radius 3 is 2.78 bits per heavy atom. The number of likely N-dealkylation sites (tertiary alicyclic amines) is 1. The second kappa shape index (κ2) is 7.00. The van der Waals surface area contributed by atoms with Crippen LogP contribution in [0.2, 0.25) is 0 Å². The highest BCUT2D eigenvalue weighted by Gasteiger charge is 2.30. The van der Waals surface area contributed by atoms with Gasteiger partial charge >= 0.3 is 12.1 Å². The molecule has 18 heavy (non-hydrogen) atoms. The molecule has 0 unspecified atom stereocenters. The molecule has 0 bridgehead atoms. The highest BCUT2D eigenvalue weighted by molar-refractivity contribution is 5.68. The van der Waals surface area contributed by atoms with E-state index < -0.39 is 18.2 Å². The second-order valence-corrected chi connectivity index (χ2v) is 4.36. The summed E-state index contributed by atoms with van der Waals surface area (Å²) in [6.45, 7) is 4.27. The van der Waals surface area contributed by atoms with Gasteiger partial charge in [-0.05, 0) is 18.8 Å². The highest BCUT2D eigenvalue weighted by Crippen LogP contribution is 2.22. The average molecular weight is 257 g/mol. The maximum atomic E-state index is 11.5. The molecule has 1 fully saturated rings. The van der Waals surface area contributed by atoms with E-state index in [9.17, 15) is 14.7 Å². The minimum absolute atomic E-state index is 0.0443. The SMILES string of the molecule is C=CCOC(=O)N1CC[C@@H](CCC(=O)O)[C@H](O)C1. The van der Waals surface area contributed by atoms with Gasteiger partial charge in [-0.15, -0.1) is 0 Å². The summed E-state index contributed by atoms with van der Waals surface area (Å²) in [6, 6.07) is 0. The first-order valence-electron chi connectivity index (χ1n) is 5.97. The Kier molecular flexibility index (Phi) is 5.64. The van der Waals surface area contributed by atoms with Gasteiger partial charge in [-0.2, -0.15) is 0 Å². The van der Waals surface area contributed by atoms with Crippen LogP contribution in [0.1, 0.15) is 19.3 Å². The molecule has 0 radical (unpaired) electrons. The van der Waals surface area contributed by atoms with Crippen LogP contribution in [0.4, 0.5) is 4.79 Å². The van der Waals surface area contributed by atoms with Crippen molar-refractivity contribution in [3.05, 3.63) is 12.7 Å². The molecule has 0 aromatic carbocycles. The largest absolute Gasteiger partial charge is 0.481 e. The number of aliphatic hydroxyl groups is 1. The minimum Gasteiger partial charge on any atom is -0.481 e. The van der Waals surface area contributed by atoms with Crippen molar-refractivity contribution in [1.29, 1.82) is 0 Å². The van der Waals surface area contributed by atoms with Crippen LogP contribution >= 0.6 is 0 Å². The summed E-state index contributed by atoms with van der Waals surface area (Å²) in [7, 11) is 0. The van der Waals surface area contributed by atoms with Crippen LogP contribution in [0, 0.1) is 5.92 Å². The second-order valence-electron chi connectivity index (χ2n) is 4.36. The molecule has 6 heteroatoms. The van der Waals surface area contributed by atoms with E-state index in [1.807, 2.05) is 0 Å². The zero-order valence-electron chi connectivity index (χ0n) is 10.2. The van der Waals surface area contributed by atoms with E-state index >= 15 is 0 Å². The van der Waals surface area contributed by atoms with Crippen LogP contribution in [0.5, 0.6) is 0 Å². The molecule has 1 aliphatic rings. The monoisotopic (exact) mass is 257 g/mol.